The highest BCUT2D eigenvalue weighted by Gasteiger charge is 2.18. The summed E-state index contributed by atoms with van der Waals surface area (Å²) in [6, 6.07) is 3.71. The molecule has 0 saturated carbocycles. The SMILES string of the molecule is CCCCCCCCCCCCCCCCCC(=O)N(CCCCCCOCC(CCCCCCC)CCCCCCCCC)CC(O)c1ccncc1. The number of aliphatic hydroxyl groups is 1. The number of nitrogens with zero attached hydrogens (tertiary/aromatic N) is 2. The number of rotatable bonds is 42. The van der Waals surface area contributed by atoms with E-state index in [4.69, 9.17) is 4.74 Å². The van der Waals surface area contributed by atoms with Gasteiger partial charge in [0.2, 0.25) is 5.91 Å². The lowest BCUT2D eigenvalue weighted by molar-refractivity contribution is -0.133. The molecular weight excluding hydrogens is 665 g/mol. The van der Waals surface area contributed by atoms with Crippen LogP contribution >= 0.6 is 0 Å². The number of unbranched alkanes of at least 4 members (excludes halogenated alkanes) is 27. The second-order valence-corrected chi connectivity index (χ2v) is 16.8. The maximum atomic E-state index is 13.4. The summed E-state index contributed by atoms with van der Waals surface area (Å²) >= 11 is 0. The molecular formula is C49H92N2O3. The maximum Gasteiger partial charge on any atom is 0.222 e. The van der Waals surface area contributed by atoms with E-state index in [1.54, 1.807) is 12.4 Å². The quantitative estimate of drug-likeness (QED) is 0.0675. The van der Waals surface area contributed by atoms with Crippen LogP contribution in [0.1, 0.15) is 251 Å². The third-order valence-corrected chi connectivity index (χ3v) is 11.6. The highest BCUT2D eigenvalue weighted by Crippen LogP contribution is 2.21. The molecule has 0 bridgehead atoms. The van der Waals surface area contributed by atoms with Crippen LogP contribution in [-0.2, 0) is 9.53 Å². The molecule has 0 spiro atoms. The normalized spacial score (nSPS) is 12.7. The molecule has 1 rings (SSSR count). The van der Waals surface area contributed by atoms with Crippen LogP contribution < -0.4 is 0 Å². The number of aromatic nitrogens is 1. The number of aliphatic hydroxyl groups excluding tert-OH is 1. The van der Waals surface area contributed by atoms with Crippen LogP contribution in [0.4, 0.5) is 0 Å². The summed E-state index contributed by atoms with van der Waals surface area (Å²) in [4.78, 5) is 19.4. The zero-order chi connectivity index (χ0) is 39.0. The molecule has 2 atom stereocenters. The molecule has 1 aromatic heterocycles. The molecule has 0 radical (unpaired) electrons. The lowest BCUT2D eigenvalue weighted by Gasteiger charge is -2.26. The summed E-state index contributed by atoms with van der Waals surface area (Å²) in [5, 5.41) is 11.0. The van der Waals surface area contributed by atoms with Gasteiger partial charge in [-0.25, -0.2) is 0 Å². The zero-order valence-electron chi connectivity index (χ0n) is 36.5. The Morgan fingerprint density at radius 2 is 0.981 bits per heavy atom. The number of pyridine rings is 1. The molecule has 0 aliphatic rings. The second-order valence-electron chi connectivity index (χ2n) is 16.8. The number of carbonyl (C=O) groups excluding carboxylic acids is 1. The standard InChI is InChI=1S/C49H92N2O3/c1-4-7-10-13-15-16-17-18-19-20-21-22-24-27-32-37-49(53)51(44-48(52)47-38-40-50-41-39-47)42-33-28-29-34-43-54-45-46(35-30-25-12-9-6-3)36-31-26-23-14-11-8-5-2/h38-41,46,48,52H,4-37,42-45H2,1-3H3. The van der Waals surface area contributed by atoms with Crippen molar-refractivity contribution in [2.24, 2.45) is 5.92 Å². The zero-order valence-corrected chi connectivity index (χ0v) is 36.5. The van der Waals surface area contributed by atoms with Crippen LogP contribution in [0.3, 0.4) is 0 Å². The molecule has 54 heavy (non-hydrogen) atoms. The van der Waals surface area contributed by atoms with Gasteiger partial charge in [0.15, 0.2) is 0 Å². The van der Waals surface area contributed by atoms with Crippen LogP contribution in [-0.4, -0.2) is 47.2 Å². The average Bonchev–Trinajstić information content (AvgIpc) is 3.19. The van der Waals surface area contributed by atoms with Crippen molar-refractivity contribution in [1.29, 1.82) is 0 Å². The Morgan fingerprint density at radius 1 is 0.574 bits per heavy atom. The van der Waals surface area contributed by atoms with Gasteiger partial charge in [-0.2, -0.15) is 0 Å². The van der Waals surface area contributed by atoms with Crippen molar-refractivity contribution in [2.45, 2.75) is 245 Å². The van der Waals surface area contributed by atoms with Gasteiger partial charge in [-0.05, 0) is 55.7 Å². The minimum Gasteiger partial charge on any atom is -0.387 e. The minimum absolute atomic E-state index is 0.197. The predicted octanol–water partition coefficient (Wildman–Crippen LogP) is 14.9. The number of hydrogen-bond donors (Lipinski definition) is 1. The summed E-state index contributed by atoms with van der Waals surface area (Å²) in [5.74, 6) is 0.918. The van der Waals surface area contributed by atoms with Gasteiger partial charge in [0.1, 0.15) is 0 Å². The molecule has 1 amide bonds. The van der Waals surface area contributed by atoms with Crippen LogP contribution in [0.15, 0.2) is 24.5 Å². The Bertz CT molecular complexity index is 896. The molecule has 1 heterocycles. The van der Waals surface area contributed by atoms with E-state index in [1.165, 1.54) is 173 Å². The summed E-state index contributed by atoms with van der Waals surface area (Å²) in [6.07, 6.45) is 46.7. The van der Waals surface area contributed by atoms with E-state index in [9.17, 15) is 9.90 Å². The average molecular weight is 757 g/mol. The van der Waals surface area contributed by atoms with E-state index in [0.717, 1.165) is 69.8 Å². The predicted molar refractivity (Wildman–Crippen MR) is 234 cm³/mol. The van der Waals surface area contributed by atoms with E-state index >= 15 is 0 Å². The van der Waals surface area contributed by atoms with Gasteiger partial charge >= 0.3 is 0 Å². The molecule has 2 unspecified atom stereocenters. The van der Waals surface area contributed by atoms with Gasteiger partial charge in [-0.1, -0.05) is 201 Å². The fourth-order valence-corrected chi connectivity index (χ4v) is 7.87. The molecule has 5 heteroatoms. The summed E-state index contributed by atoms with van der Waals surface area (Å²) in [7, 11) is 0. The van der Waals surface area contributed by atoms with Crippen LogP contribution in [0, 0.1) is 5.92 Å². The monoisotopic (exact) mass is 757 g/mol. The van der Waals surface area contributed by atoms with Gasteiger partial charge in [-0.3, -0.25) is 9.78 Å². The Kier molecular flexibility index (Phi) is 37.2. The third kappa shape index (κ3) is 31.7. The molecule has 1 aromatic rings. The largest absolute Gasteiger partial charge is 0.387 e. The van der Waals surface area contributed by atoms with Crippen LogP contribution in [0.25, 0.3) is 0 Å². The Balaban J connectivity index is 2.31. The molecule has 0 aromatic carbocycles. The first kappa shape index (κ1) is 50.6. The van der Waals surface area contributed by atoms with Gasteiger partial charge in [0, 0.05) is 38.6 Å². The molecule has 1 N–H and O–H groups in total. The Hall–Kier alpha value is -1.46. The fraction of sp³-hybridized carbons (Fsp3) is 0.878. The molecule has 316 valence electrons. The molecule has 0 aliphatic carbocycles. The number of amides is 1. The molecule has 0 fully saturated rings. The van der Waals surface area contributed by atoms with Crippen molar-refractivity contribution in [1.82, 2.24) is 9.88 Å². The summed E-state index contributed by atoms with van der Waals surface area (Å²) < 4.78 is 6.27. The summed E-state index contributed by atoms with van der Waals surface area (Å²) in [5.41, 5.74) is 0.832. The topological polar surface area (TPSA) is 62.7 Å². The van der Waals surface area contributed by atoms with Gasteiger partial charge in [-0.15, -0.1) is 0 Å². The fourth-order valence-electron chi connectivity index (χ4n) is 7.87. The Morgan fingerprint density at radius 3 is 1.46 bits per heavy atom. The maximum absolute atomic E-state index is 13.4. The second kappa shape index (κ2) is 39.8. The number of ether oxygens (including phenoxy) is 1. The van der Waals surface area contributed by atoms with Crippen molar-refractivity contribution in [3.63, 3.8) is 0 Å². The van der Waals surface area contributed by atoms with Gasteiger partial charge < -0.3 is 14.7 Å². The van der Waals surface area contributed by atoms with Crippen molar-refractivity contribution < 1.29 is 14.6 Å². The van der Waals surface area contributed by atoms with Gasteiger partial charge in [0.25, 0.3) is 0 Å². The van der Waals surface area contributed by atoms with Crippen molar-refractivity contribution in [2.75, 3.05) is 26.3 Å². The number of hydrogen-bond acceptors (Lipinski definition) is 4. The van der Waals surface area contributed by atoms with E-state index in [-0.39, 0.29) is 5.91 Å². The highest BCUT2D eigenvalue weighted by atomic mass is 16.5. The summed E-state index contributed by atoms with van der Waals surface area (Å²) in [6.45, 7) is 9.74. The lowest BCUT2D eigenvalue weighted by atomic mass is 9.95. The smallest absolute Gasteiger partial charge is 0.222 e. The highest BCUT2D eigenvalue weighted by molar-refractivity contribution is 5.76. The van der Waals surface area contributed by atoms with Gasteiger partial charge in [0.05, 0.1) is 12.6 Å². The number of carbonyl (C=O) groups is 1. The lowest BCUT2D eigenvalue weighted by Crippen LogP contribution is -2.35. The van der Waals surface area contributed by atoms with Crippen LogP contribution in [0.5, 0.6) is 0 Å². The van der Waals surface area contributed by atoms with Crippen molar-refractivity contribution in [3.05, 3.63) is 30.1 Å². The first-order chi connectivity index (χ1) is 26.6. The van der Waals surface area contributed by atoms with Crippen LogP contribution in [0.2, 0.25) is 0 Å². The minimum atomic E-state index is -0.674. The molecule has 5 nitrogen and oxygen atoms in total. The van der Waals surface area contributed by atoms with Crippen molar-refractivity contribution >= 4 is 5.91 Å². The molecule has 0 aliphatic heterocycles. The first-order valence-corrected chi connectivity index (χ1v) is 24.1. The first-order valence-electron chi connectivity index (χ1n) is 24.1. The van der Waals surface area contributed by atoms with Crippen molar-refractivity contribution in [3.8, 4) is 0 Å². The molecule has 0 saturated heterocycles. The van der Waals surface area contributed by atoms with E-state index in [0.29, 0.717) is 13.0 Å². The van der Waals surface area contributed by atoms with E-state index < -0.39 is 6.10 Å². The third-order valence-electron chi connectivity index (χ3n) is 11.6. The Labute approximate surface area is 337 Å². The van der Waals surface area contributed by atoms with E-state index in [2.05, 4.69) is 25.8 Å². The van der Waals surface area contributed by atoms with E-state index in [1.807, 2.05) is 17.0 Å².